The maximum Gasteiger partial charge on any atom is 0.119 e. The second-order valence-electron chi connectivity index (χ2n) is 6.33. The van der Waals surface area contributed by atoms with Gasteiger partial charge >= 0.3 is 0 Å². The highest BCUT2D eigenvalue weighted by Crippen LogP contribution is 2.36. The molecule has 0 saturated carbocycles. The lowest BCUT2D eigenvalue weighted by atomic mass is 9.92. The minimum Gasteiger partial charge on any atom is -0.508 e. The molecule has 1 aliphatic carbocycles. The summed E-state index contributed by atoms with van der Waals surface area (Å²) in [7, 11) is 1.71. The van der Waals surface area contributed by atoms with Crippen LogP contribution in [-0.2, 0) is 12.8 Å². The third-order valence-electron chi connectivity index (χ3n) is 4.76. The van der Waals surface area contributed by atoms with Crippen LogP contribution in [0, 0.1) is 0 Å². The second-order valence-corrected chi connectivity index (χ2v) is 6.33. The number of hydrogen-bond acceptors (Lipinski definition) is 2. The Morgan fingerprint density at radius 2 is 1.64 bits per heavy atom. The molecule has 0 spiro atoms. The summed E-state index contributed by atoms with van der Waals surface area (Å²) in [4.78, 5) is 0. The Balaban J connectivity index is 1.95. The molecule has 3 aromatic rings. The first-order valence-electron chi connectivity index (χ1n) is 8.51. The molecule has 2 nitrogen and oxygen atoms in total. The topological polar surface area (TPSA) is 29.5 Å². The van der Waals surface area contributed by atoms with Crippen molar-refractivity contribution >= 4 is 11.6 Å². The van der Waals surface area contributed by atoms with E-state index in [-0.39, 0.29) is 5.75 Å². The third-order valence-corrected chi connectivity index (χ3v) is 4.76. The van der Waals surface area contributed by atoms with Crippen molar-refractivity contribution in [2.75, 3.05) is 7.11 Å². The molecule has 25 heavy (non-hydrogen) atoms. The molecular weight excluding hydrogens is 308 g/mol. The van der Waals surface area contributed by atoms with E-state index in [1.165, 1.54) is 27.8 Å². The minimum atomic E-state index is 0.284. The van der Waals surface area contributed by atoms with Crippen molar-refractivity contribution in [2.24, 2.45) is 0 Å². The van der Waals surface area contributed by atoms with Crippen molar-refractivity contribution in [1.29, 1.82) is 0 Å². The molecule has 4 rings (SSSR count). The van der Waals surface area contributed by atoms with Crippen LogP contribution in [0.15, 0.2) is 66.7 Å². The summed E-state index contributed by atoms with van der Waals surface area (Å²) in [6.07, 6.45) is 4.16. The van der Waals surface area contributed by atoms with Crippen molar-refractivity contribution in [2.45, 2.75) is 12.8 Å². The Hall–Kier alpha value is -3.00. The number of phenols is 1. The van der Waals surface area contributed by atoms with Crippen molar-refractivity contribution in [3.05, 3.63) is 94.5 Å². The largest absolute Gasteiger partial charge is 0.508 e. The molecule has 2 heteroatoms. The van der Waals surface area contributed by atoms with Gasteiger partial charge in [-0.1, -0.05) is 42.5 Å². The maximum atomic E-state index is 9.81. The molecule has 0 aliphatic heterocycles. The zero-order valence-electron chi connectivity index (χ0n) is 14.2. The summed E-state index contributed by atoms with van der Waals surface area (Å²) in [5, 5.41) is 9.81. The van der Waals surface area contributed by atoms with Crippen LogP contribution in [0.2, 0.25) is 0 Å². The fourth-order valence-corrected chi connectivity index (χ4v) is 3.52. The highest BCUT2D eigenvalue weighted by atomic mass is 16.5. The van der Waals surface area contributed by atoms with Gasteiger partial charge in [-0.3, -0.25) is 0 Å². The standard InChI is InChI=1S/C23H20O2/c1-25-20-11-12-22-18(15-20)10-9-17-6-2-3-8-21(17)23(22)14-16-5-4-7-19(24)13-16/h2-8,11-15,24H,9-10H2,1H3. The molecule has 0 radical (unpaired) electrons. The van der Waals surface area contributed by atoms with Gasteiger partial charge in [-0.2, -0.15) is 0 Å². The van der Waals surface area contributed by atoms with Gasteiger partial charge in [-0.05, 0) is 76.6 Å². The Kier molecular flexibility index (Phi) is 4.02. The smallest absolute Gasteiger partial charge is 0.119 e. The third kappa shape index (κ3) is 3.03. The molecule has 124 valence electrons. The van der Waals surface area contributed by atoms with Gasteiger partial charge < -0.3 is 9.84 Å². The molecule has 0 aromatic heterocycles. The molecule has 0 bridgehead atoms. The highest BCUT2D eigenvalue weighted by Gasteiger charge is 2.18. The molecule has 1 aliphatic rings. The predicted molar refractivity (Wildman–Crippen MR) is 102 cm³/mol. The van der Waals surface area contributed by atoms with E-state index in [0.29, 0.717) is 0 Å². The van der Waals surface area contributed by atoms with Crippen LogP contribution in [0.25, 0.3) is 11.6 Å². The van der Waals surface area contributed by atoms with E-state index >= 15 is 0 Å². The molecule has 0 atom stereocenters. The Bertz CT molecular complexity index is 954. The molecular formula is C23H20O2. The van der Waals surface area contributed by atoms with Crippen LogP contribution in [0.1, 0.15) is 27.8 Å². The first kappa shape index (κ1) is 15.5. The lowest BCUT2D eigenvalue weighted by Gasteiger charge is -2.13. The SMILES string of the molecule is COc1ccc2c(c1)CCc1ccccc1C2=Cc1cccc(O)c1. The van der Waals surface area contributed by atoms with Crippen LogP contribution in [-0.4, -0.2) is 12.2 Å². The lowest BCUT2D eigenvalue weighted by molar-refractivity contribution is 0.414. The number of aromatic hydroxyl groups is 1. The number of methoxy groups -OCH3 is 1. The quantitative estimate of drug-likeness (QED) is 0.710. The molecule has 3 aromatic carbocycles. The minimum absolute atomic E-state index is 0.284. The van der Waals surface area contributed by atoms with E-state index in [4.69, 9.17) is 4.74 Å². The van der Waals surface area contributed by atoms with Crippen LogP contribution >= 0.6 is 0 Å². The second kappa shape index (κ2) is 6.48. The van der Waals surface area contributed by atoms with Gasteiger partial charge in [0.05, 0.1) is 7.11 Å². The lowest BCUT2D eigenvalue weighted by Crippen LogP contribution is -1.94. The number of aryl methyl sites for hydroxylation is 2. The summed E-state index contributed by atoms with van der Waals surface area (Å²) in [6, 6.07) is 22.3. The summed E-state index contributed by atoms with van der Waals surface area (Å²) in [6.45, 7) is 0. The summed E-state index contributed by atoms with van der Waals surface area (Å²) >= 11 is 0. The zero-order chi connectivity index (χ0) is 17.2. The molecule has 0 unspecified atom stereocenters. The monoisotopic (exact) mass is 328 g/mol. The van der Waals surface area contributed by atoms with Crippen molar-refractivity contribution in [3.8, 4) is 11.5 Å². The Morgan fingerprint density at radius 1 is 0.840 bits per heavy atom. The summed E-state index contributed by atoms with van der Waals surface area (Å²) < 4.78 is 5.41. The first-order chi connectivity index (χ1) is 12.2. The van der Waals surface area contributed by atoms with E-state index in [9.17, 15) is 5.11 Å². The van der Waals surface area contributed by atoms with E-state index in [2.05, 4.69) is 42.5 Å². The van der Waals surface area contributed by atoms with Gasteiger partial charge in [-0.25, -0.2) is 0 Å². The van der Waals surface area contributed by atoms with Gasteiger partial charge in [0, 0.05) is 0 Å². The van der Waals surface area contributed by atoms with E-state index in [0.717, 1.165) is 24.2 Å². The van der Waals surface area contributed by atoms with Crippen molar-refractivity contribution < 1.29 is 9.84 Å². The number of benzene rings is 3. The van der Waals surface area contributed by atoms with E-state index < -0.39 is 0 Å². The average molecular weight is 328 g/mol. The molecule has 0 saturated heterocycles. The first-order valence-corrected chi connectivity index (χ1v) is 8.51. The molecule has 0 amide bonds. The van der Waals surface area contributed by atoms with Gasteiger partial charge in [0.1, 0.15) is 11.5 Å². The van der Waals surface area contributed by atoms with Crippen LogP contribution in [0.4, 0.5) is 0 Å². The van der Waals surface area contributed by atoms with Gasteiger partial charge in [0.25, 0.3) is 0 Å². The Morgan fingerprint density at radius 3 is 2.48 bits per heavy atom. The summed E-state index contributed by atoms with van der Waals surface area (Å²) in [5.74, 6) is 1.17. The number of hydrogen-bond donors (Lipinski definition) is 1. The molecule has 0 fully saturated rings. The van der Waals surface area contributed by atoms with Gasteiger partial charge in [-0.15, -0.1) is 0 Å². The number of rotatable bonds is 2. The van der Waals surface area contributed by atoms with Crippen LogP contribution in [0.3, 0.4) is 0 Å². The number of fused-ring (bicyclic) bond motifs is 2. The van der Waals surface area contributed by atoms with Crippen LogP contribution in [0.5, 0.6) is 11.5 Å². The fraction of sp³-hybridized carbons (Fsp3) is 0.130. The molecule has 1 N–H and O–H groups in total. The summed E-state index contributed by atoms with van der Waals surface area (Å²) in [5.41, 5.74) is 7.32. The van der Waals surface area contributed by atoms with Gasteiger partial charge in [0.15, 0.2) is 0 Å². The maximum absolute atomic E-state index is 9.81. The Labute approximate surface area is 148 Å². The number of phenolic OH excluding ortho intramolecular Hbond substituents is 1. The van der Waals surface area contributed by atoms with Crippen molar-refractivity contribution in [1.82, 2.24) is 0 Å². The normalized spacial score (nSPS) is 14.5. The van der Waals surface area contributed by atoms with E-state index in [1.807, 2.05) is 18.2 Å². The zero-order valence-corrected chi connectivity index (χ0v) is 14.2. The average Bonchev–Trinajstić information content (AvgIpc) is 2.79. The van der Waals surface area contributed by atoms with Crippen molar-refractivity contribution in [3.63, 3.8) is 0 Å². The van der Waals surface area contributed by atoms with E-state index in [1.54, 1.807) is 19.2 Å². The fourth-order valence-electron chi connectivity index (χ4n) is 3.52. The van der Waals surface area contributed by atoms with Gasteiger partial charge in [0.2, 0.25) is 0 Å². The molecule has 0 heterocycles. The number of ether oxygens (including phenoxy) is 1. The van der Waals surface area contributed by atoms with Crippen LogP contribution < -0.4 is 4.74 Å². The highest BCUT2D eigenvalue weighted by molar-refractivity contribution is 5.94. The predicted octanol–water partition coefficient (Wildman–Crippen LogP) is 5.09.